The number of para-hydroxylation sites is 2. The number of rotatable bonds is 5. The number of carbonyl (C=O) groups excluding carboxylic acids is 2. The molecule has 214 valence electrons. The zero-order valence-corrected chi connectivity index (χ0v) is 24.5. The molecule has 0 radical (unpaired) electrons. The van der Waals surface area contributed by atoms with Gasteiger partial charge in [-0.1, -0.05) is 49.2 Å². The highest BCUT2D eigenvalue weighted by Crippen LogP contribution is 2.63. The van der Waals surface area contributed by atoms with Gasteiger partial charge >= 0.3 is 11.6 Å². The largest absolute Gasteiger partial charge is 0.469 e. The molecule has 3 aliphatic heterocycles. The summed E-state index contributed by atoms with van der Waals surface area (Å²) in [6, 6.07) is 20.0. The molecule has 3 aliphatic rings. The maximum absolute atomic E-state index is 15.2. The summed E-state index contributed by atoms with van der Waals surface area (Å²) in [5.74, 6) is -0.614. The van der Waals surface area contributed by atoms with E-state index in [1.807, 2.05) is 36.4 Å². The first-order valence-corrected chi connectivity index (χ1v) is 15.1. The van der Waals surface area contributed by atoms with E-state index < -0.39 is 28.0 Å². The molecule has 0 aliphatic carbocycles. The van der Waals surface area contributed by atoms with Gasteiger partial charge in [-0.3, -0.25) is 9.59 Å². The molecular weight excluding hydrogens is 576 g/mol. The molecule has 1 spiro atoms. The van der Waals surface area contributed by atoms with Crippen LogP contribution in [-0.2, 0) is 19.7 Å². The molecule has 10 heteroatoms. The highest BCUT2D eigenvalue weighted by Gasteiger charge is 2.70. The van der Waals surface area contributed by atoms with Crippen molar-refractivity contribution in [1.29, 1.82) is 0 Å². The molecule has 1 amide bonds. The summed E-state index contributed by atoms with van der Waals surface area (Å²) < 4.78 is 17.9. The van der Waals surface area contributed by atoms with Crippen molar-refractivity contribution in [3.63, 3.8) is 0 Å². The van der Waals surface area contributed by atoms with E-state index in [-0.39, 0.29) is 23.6 Å². The zero-order chi connectivity index (χ0) is 29.2. The number of ether oxygens (including phenoxy) is 2. The number of fused-ring (bicyclic) bond motifs is 9. The topological polar surface area (TPSA) is 98.1 Å². The van der Waals surface area contributed by atoms with Crippen LogP contribution in [0.5, 0.6) is 5.75 Å². The van der Waals surface area contributed by atoms with Crippen LogP contribution < -0.4 is 20.6 Å². The Kier molecular flexibility index (Phi) is 6.29. The van der Waals surface area contributed by atoms with E-state index in [2.05, 4.69) is 12.2 Å². The summed E-state index contributed by atoms with van der Waals surface area (Å²) in [7, 11) is 1.32. The number of anilines is 2. The standard InChI is InChI=1S/C32H27ClN2O6S/c1-3-4-15-35-22-14-13-18(33)16-20(22)32(30(35)38)26-27(19-9-5-7-11-23(19)40-28(26)37)41-31(17-25(36)39-2)29(32)42-24-12-8-6-10-21(24)34-31/h5-14,16,29,34H,3-4,15,17H2,1-2H3/t29-,31-,32-/m1/s1. The monoisotopic (exact) mass is 602 g/mol. The number of benzene rings is 3. The lowest BCUT2D eigenvalue weighted by molar-refractivity contribution is -0.146. The number of amides is 1. The Morgan fingerprint density at radius 3 is 2.71 bits per heavy atom. The molecule has 4 aromatic rings. The molecule has 1 N–H and O–H groups in total. The summed E-state index contributed by atoms with van der Waals surface area (Å²) in [5.41, 5.74) is -1.35. The second kappa shape index (κ2) is 9.81. The highest BCUT2D eigenvalue weighted by atomic mass is 35.5. The Bertz CT molecular complexity index is 1840. The average molecular weight is 603 g/mol. The number of hydrogen-bond donors (Lipinski definition) is 1. The first-order valence-electron chi connectivity index (χ1n) is 13.8. The third-order valence-corrected chi connectivity index (χ3v) is 10.2. The quantitative estimate of drug-likeness (QED) is 0.216. The molecule has 0 bridgehead atoms. The molecule has 3 atom stereocenters. The second-order valence-electron chi connectivity index (χ2n) is 10.7. The SMILES string of the molecule is CCCCN1C(=O)[C@]2(c3cc(Cl)ccc31)c1c(c3ccccc3oc1=O)O[C@@]1(CC(=O)OC)Nc3ccccc3S[C@@H]21. The number of thioether (sulfide) groups is 1. The second-order valence-corrected chi connectivity index (χ2v) is 12.3. The van der Waals surface area contributed by atoms with Gasteiger partial charge in [0.05, 0.1) is 23.4 Å². The van der Waals surface area contributed by atoms with E-state index in [1.54, 1.807) is 35.2 Å². The maximum Gasteiger partial charge on any atom is 0.344 e. The van der Waals surface area contributed by atoms with Crippen LogP contribution in [0.3, 0.4) is 0 Å². The van der Waals surface area contributed by atoms with Crippen molar-refractivity contribution in [2.45, 2.75) is 47.5 Å². The Morgan fingerprint density at radius 1 is 1.12 bits per heavy atom. The molecule has 1 aromatic heterocycles. The van der Waals surface area contributed by atoms with E-state index in [4.69, 9.17) is 25.5 Å². The number of nitrogens with one attached hydrogen (secondary N) is 1. The number of carbonyl (C=O) groups is 2. The van der Waals surface area contributed by atoms with Gasteiger partial charge < -0.3 is 24.1 Å². The van der Waals surface area contributed by atoms with Crippen molar-refractivity contribution < 1.29 is 23.5 Å². The summed E-state index contributed by atoms with van der Waals surface area (Å²) in [5, 5.41) is 3.61. The van der Waals surface area contributed by atoms with Crippen LogP contribution in [0.1, 0.15) is 37.3 Å². The van der Waals surface area contributed by atoms with Gasteiger partial charge in [-0.25, -0.2) is 4.79 Å². The lowest BCUT2D eigenvalue weighted by Crippen LogP contribution is -2.69. The van der Waals surface area contributed by atoms with Gasteiger partial charge in [0.25, 0.3) is 0 Å². The van der Waals surface area contributed by atoms with Gasteiger partial charge in [0.1, 0.15) is 28.7 Å². The lowest BCUT2D eigenvalue weighted by Gasteiger charge is -2.54. The fraction of sp³-hybridized carbons (Fsp3) is 0.281. The van der Waals surface area contributed by atoms with E-state index >= 15 is 4.79 Å². The summed E-state index contributed by atoms with van der Waals surface area (Å²) >= 11 is 8.02. The third-order valence-electron chi connectivity index (χ3n) is 8.37. The van der Waals surface area contributed by atoms with Crippen molar-refractivity contribution >= 4 is 57.6 Å². The molecule has 3 aromatic carbocycles. The molecule has 7 rings (SSSR count). The van der Waals surface area contributed by atoms with Crippen molar-refractivity contribution in [2.75, 3.05) is 23.9 Å². The van der Waals surface area contributed by atoms with Crippen molar-refractivity contribution in [3.05, 3.63) is 93.3 Å². The van der Waals surface area contributed by atoms with Gasteiger partial charge in [-0.2, -0.15) is 0 Å². The molecule has 8 nitrogen and oxygen atoms in total. The minimum absolute atomic E-state index is 0.105. The van der Waals surface area contributed by atoms with Crippen LogP contribution in [0.15, 0.2) is 80.8 Å². The van der Waals surface area contributed by atoms with Gasteiger partial charge in [-0.05, 0) is 54.4 Å². The van der Waals surface area contributed by atoms with E-state index in [0.717, 1.165) is 23.4 Å². The highest BCUT2D eigenvalue weighted by molar-refractivity contribution is 8.00. The number of methoxy groups -OCH3 is 1. The number of hydrogen-bond acceptors (Lipinski definition) is 8. The fourth-order valence-electron chi connectivity index (χ4n) is 6.58. The van der Waals surface area contributed by atoms with Gasteiger partial charge in [0.15, 0.2) is 0 Å². The van der Waals surface area contributed by atoms with E-state index in [0.29, 0.717) is 33.8 Å². The normalized spacial score (nSPS) is 23.5. The molecule has 4 heterocycles. The van der Waals surface area contributed by atoms with Crippen LogP contribution in [0.2, 0.25) is 5.02 Å². The van der Waals surface area contributed by atoms with Crippen molar-refractivity contribution in [3.8, 4) is 5.75 Å². The van der Waals surface area contributed by atoms with Gasteiger partial charge in [0.2, 0.25) is 11.6 Å². The average Bonchev–Trinajstić information content (AvgIpc) is 3.21. The number of esters is 1. The first-order chi connectivity index (χ1) is 20.3. The van der Waals surface area contributed by atoms with Gasteiger partial charge in [-0.15, -0.1) is 11.8 Å². The molecule has 42 heavy (non-hydrogen) atoms. The molecule has 0 unspecified atom stereocenters. The van der Waals surface area contributed by atoms with Gasteiger partial charge in [0, 0.05) is 22.2 Å². The van der Waals surface area contributed by atoms with E-state index in [1.165, 1.54) is 18.9 Å². The maximum atomic E-state index is 15.2. The fourth-order valence-corrected chi connectivity index (χ4v) is 8.31. The van der Waals surface area contributed by atoms with Crippen LogP contribution in [0.4, 0.5) is 11.4 Å². The van der Waals surface area contributed by atoms with Crippen LogP contribution in [-0.4, -0.2) is 36.5 Å². The summed E-state index contributed by atoms with van der Waals surface area (Å²) in [6.45, 7) is 2.51. The summed E-state index contributed by atoms with van der Waals surface area (Å²) in [6.07, 6.45) is 1.39. The third kappa shape index (κ3) is 3.66. The van der Waals surface area contributed by atoms with E-state index in [9.17, 15) is 9.59 Å². The lowest BCUT2D eigenvalue weighted by atomic mass is 9.67. The zero-order valence-electron chi connectivity index (χ0n) is 22.9. The number of unbranched alkanes of at least 4 members (excludes halogenated alkanes) is 1. The predicted molar refractivity (Wildman–Crippen MR) is 162 cm³/mol. The minimum Gasteiger partial charge on any atom is -0.469 e. The number of nitrogens with zero attached hydrogens (tertiary/aromatic N) is 1. The molecule has 0 saturated heterocycles. The van der Waals surface area contributed by atoms with Crippen LogP contribution >= 0.6 is 23.4 Å². The van der Waals surface area contributed by atoms with Crippen LogP contribution in [0.25, 0.3) is 11.0 Å². The number of halogens is 1. The smallest absolute Gasteiger partial charge is 0.344 e. The molecule has 0 fully saturated rings. The predicted octanol–water partition coefficient (Wildman–Crippen LogP) is 6.12. The molecule has 0 saturated carbocycles. The Balaban J connectivity index is 1.63. The molecular formula is C32H27ClN2O6S. The minimum atomic E-state index is -1.61. The Hall–Kier alpha value is -3.95. The Morgan fingerprint density at radius 2 is 1.90 bits per heavy atom. The first kappa shape index (κ1) is 26.9. The Labute approximate surface area is 250 Å². The van der Waals surface area contributed by atoms with Crippen LogP contribution in [0, 0.1) is 0 Å². The summed E-state index contributed by atoms with van der Waals surface area (Å²) in [4.78, 5) is 45.0. The van der Waals surface area contributed by atoms with Crippen molar-refractivity contribution in [1.82, 2.24) is 0 Å². The van der Waals surface area contributed by atoms with Crippen molar-refractivity contribution in [2.24, 2.45) is 0 Å².